The summed E-state index contributed by atoms with van der Waals surface area (Å²) < 4.78 is 15.8. The molecule has 20 heavy (non-hydrogen) atoms. The molecule has 0 saturated heterocycles. The molecule has 0 spiro atoms. The molecule has 0 fully saturated rings. The molecule has 1 heterocycles. The van der Waals surface area contributed by atoms with E-state index in [1.807, 2.05) is 24.3 Å². The highest BCUT2D eigenvalue weighted by Gasteiger charge is 2.14. The third kappa shape index (κ3) is 1.93. The number of hydrogen-bond acceptors (Lipinski definition) is 2. The minimum absolute atomic E-state index is 0.332. The fourth-order valence-electron chi connectivity index (χ4n) is 2.34. The first-order valence-corrected chi connectivity index (χ1v) is 6.61. The zero-order valence-electron chi connectivity index (χ0n) is 10.8. The first kappa shape index (κ1) is 12.9. The zero-order valence-corrected chi connectivity index (χ0v) is 11.7. The van der Waals surface area contributed by atoms with E-state index in [2.05, 4.69) is 12.6 Å². The molecule has 0 radical (unpaired) electrons. The highest BCUT2D eigenvalue weighted by molar-refractivity contribution is 7.80. The average molecular weight is 285 g/mol. The minimum atomic E-state index is -0.372. The fourth-order valence-corrected chi connectivity index (χ4v) is 2.52. The van der Waals surface area contributed by atoms with Crippen LogP contribution in [0.3, 0.4) is 0 Å². The Hall–Kier alpha value is -2.07. The number of hydrogen-bond donors (Lipinski definition) is 1. The molecular formula is C16H12FNOS. The summed E-state index contributed by atoms with van der Waals surface area (Å²) in [5.41, 5.74) is 1.54. The van der Waals surface area contributed by atoms with E-state index < -0.39 is 0 Å². The van der Waals surface area contributed by atoms with Gasteiger partial charge < -0.3 is 4.57 Å². The van der Waals surface area contributed by atoms with Gasteiger partial charge in [0, 0.05) is 21.9 Å². The maximum Gasteiger partial charge on any atom is 0.167 e. The smallest absolute Gasteiger partial charge is 0.167 e. The van der Waals surface area contributed by atoms with Crippen molar-refractivity contribution in [2.24, 2.45) is 0 Å². The molecule has 1 aromatic heterocycles. The second-order valence-corrected chi connectivity index (χ2v) is 5.16. The Morgan fingerprint density at radius 3 is 2.75 bits per heavy atom. The van der Waals surface area contributed by atoms with Crippen molar-refractivity contribution < 1.29 is 9.18 Å². The van der Waals surface area contributed by atoms with Gasteiger partial charge in [-0.2, -0.15) is 0 Å². The van der Waals surface area contributed by atoms with Crippen molar-refractivity contribution in [3.05, 3.63) is 59.7 Å². The summed E-state index contributed by atoms with van der Waals surface area (Å²) in [6.45, 7) is 1.79. The van der Waals surface area contributed by atoms with E-state index >= 15 is 0 Å². The number of aldehydes is 1. The number of carbonyl (C=O) groups excluding carboxylic acids is 1. The quantitative estimate of drug-likeness (QED) is 0.554. The molecule has 0 N–H and O–H groups in total. The van der Waals surface area contributed by atoms with Gasteiger partial charge in [0.05, 0.1) is 11.4 Å². The Morgan fingerprint density at radius 1 is 1.25 bits per heavy atom. The number of nitrogens with zero attached hydrogens (tertiary/aromatic N) is 1. The van der Waals surface area contributed by atoms with Crippen LogP contribution in [0.25, 0.3) is 16.5 Å². The lowest BCUT2D eigenvalue weighted by molar-refractivity contribution is 0.111. The minimum Gasteiger partial charge on any atom is -0.310 e. The van der Waals surface area contributed by atoms with Gasteiger partial charge in [-0.15, -0.1) is 12.6 Å². The lowest BCUT2D eigenvalue weighted by Gasteiger charge is -2.09. The van der Waals surface area contributed by atoms with Crippen LogP contribution in [0.15, 0.2) is 47.5 Å². The van der Waals surface area contributed by atoms with Crippen LogP contribution in [0.4, 0.5) is 4.39 Å². The molecule has 100 valence electrons. The lowest BCUT2D eigenvalue weighted by Crippen LogP contribution is -2.01. The highest BCUT2D eigenvalue weighted by atomic mass is 32.1. The van der Waals surface area contributed by atoms with E-state index in [9.17, 15) is 9.18 Å². The van der Waals surface area contributed by atoms with Crippen LogP contribution in [-0.4, -0.2) is 10.9 Å². The van der Waals surface area contributed by atoms with Crippen molar-refractivity contribution in [2.45, 2.75) is 11.8 Å². The van der Waals surface area contributed by atoms with E-state index in [1.165, 1.54) is 6.07 Å². The van der Waals surface area contributed by atoms with Crippen molar-refractivity contribution in [1.82, 2.24) is 4.57 Å². The maximum absolute atomic E-state index is 14.2. The van der Waals surface area contributed by atoms with E-state index in [0.29, 0.717) is 16.3 Å². The van der Waals surface area contributed by atoms with Crippen LogP contribution in [-0.2, 0) is 0 Å². The Balaban J connectivity index is 2.35. The van der Waals surface area contributed by atoms with Crippen molar-refractivity contribution in [3.8, 4) is 5.69 Å². The first-order valence-electron chi connectivity index (χ1n) is 6.16. The van der Waals surface area contributed by atoms with Crippen LogP contribution >= 0.6 is 12.6 Å². The predicted octanol–water partition coefficient (Wildman–Crippen LogP) is 4.18. The third-order valence-corrected chi connectivity index (χ3v) is 3.88. The van der Waals surface area contributed by atoms with Gasteiger partial charge in [0.25, 0.3) is 0 Å². The molecule has 0 bridgehead atoms. The Morgan fingerprint density at radius 2 is 2.00 bits per heavy atom. The highest BCUT2D eigenvalue weighted by Crippen LogP contribution is 2.27. The standard InChI is InChI=1S/C16H12FNOS/c1-10-6-13(17)14(7-16(10)20)18-8-11-4-2-3-5-12(11)15(18)9-19/h2-9,20H,1H3. The van der Waals surface area contributed by atoms with E-state index in [4.69, 9.17) is 0 Å². The van der Waals surface area contributed by atoms with Crippen LogP contribution in [0, 0.1) is 12.7 Å². The summed E-state index contributed by atoms with van der Waals surface area (Å²) in [4.78, 5) is 12.1. The topological polar surface area (TPSA) is 22.0 Å². The normalized spacial score (nSPS) is 10.9. The number of aryl methyl sites for hydroxylation is 1. The number of thiol groups is 1. The summed E-state index contributed by atoms with van der Waals surface area (Å²) in [7, 11) is 0. The lowest BCUT2D eigenvalue weighted by atomic mass is 10.2. The van der Waals surface area contributed by atoms with Crippen molar-refractivity contribution in [2.75, 3.05) is 0 Å². The molecule has 0 aliphatic rings. The number of fused-ring (bicyclic) bond motifs is 1. The first-order chi connectivity index (χ1) is 9.61. The SMILES string of the molecule is Cc1cc(F)c(-n2cc3ccccc3c2C=O)cc1S. The van der Waals surface area contributed by atoms with Crippen LogP contribution in [0.1, 0.15) is 16.1 Å². The van der Waals surface area contributed by atoms with Gasteiger partial charge in [0.2, 0.25) is 0 Å². The molecule has 0 saturated carbocycles. The Kier molecular flexibility index (Phi) is 3.10. The molecule has 0 aliphatic carbocycles. The van der Waals surface area contributed by atoms with E-state index in [0.717, 1.165) is 22.6 Å². The van der Waals surface area contributed by atoms with Gasteiger partial charge in [0.1, 0.15) is 5.82 Å². The molecule has 2 aromatic carbocycles. The van der Waals surface area contributed by atoms with Gasteiger partial charge in [-0.25, -0.2) is 4.39 Å². The van der Waals surface area contributed by atoms with E-state index in [-0.39, 0.29) is 5.82 Å². The summed E-state index contributed by atoms with van der Waals surface area (Å²) in [6.07, 6.45) is 2.51. The van der Waals surface area contributed by atoms with Crippen LogP contribution in [0.5, 0.6) is 0 Å². The number of halogens is 1. The average Bonchev–Trinajstić information content (AvgIpc) is 2.81. The van der Waals surface area contributed by atoms with Crippen LogP contribution in [0.2, 0.25) is 0 Å². The molecule has 4 heteroatoms. The molecule has 3 aromatic rings. The van der Waals surface area contributed by atoms with Crippen molar-refractivity contribution in [3.63, 3.8) is 0 Å². The second-order valence-electron chi connectivity index (χ2n) is 4.68. The molecule has 0 amide bonds. The summed E-state index contributed by atoms with van der Waals surface area (Å²) >= 11 is 4.32. The van der Waals surface area contributed by atoms with E-state index in [1.54, 1.807) is 23.8 Å². The van der Waals surface area contributed by atoms with Gasteiger partial charge in [-0.1, -0.05) is 24.3 Å². The summed E-state index contributed by atoms with van der Waals surface area (Å²) in [6, 6.07) is 10.6. The molecular weight excluding hydrogens is 273 g/mol. The van der Waals surface area contributed by atoms with Gasteiger partial charge in [-0.3, -0.25) is 4.79 Å². The molecule has 0 unspecified atom stereocenters. The number of aromatic nitrogens is 1. The van der Waals surface area contributed by atoms with Crippen molar-refractivity contribution >= 4 is 29.7 Å². The summed E-state index contributed by atoms with van der Waals surface area (Å²) in [5.74, 6) is -0.372. The van der Waals surface area contributed by atoms with Gasteiger partial charge >= 0.3 is 0 Å². The van der Waals surface area contributed by atoms with Crippen molar-refractivity contribution in [1.29, 1.82) is 0 Å². The fraction of sp³-hybridized carbons (Fsp3) is 0.0625. The van der Waals surface area contributed by atoms with Crippen LogP contribution < -0.4 is 0 Å². The molecule has 3 rings (SSSR count). The third-order valence-electron chi connectivity index (χ3n) is 3.40. The predicted molar refractivity (Wildman–Crippen MR) is 80.6 cm³/mol. The number of benzene rings is 2. The zero-order chi connectivity index (χ0) is 14.3. The Bertz CT molecular complexity index is 823. The molecule has 0 atom stereocenters. The van der Waals surface area contributed by atoms with Gasteiger partial charge in [-0.05, 0) is 24.6 Å². The number of rotatable bonds is 2. The molecule has 2 nitrogen and oxygen atoms in total. The summed E-state index contributed by atoms with van der Waals surface area (Å²) in [5, 5.41) is 1.71. The maximum atomic E-state index is 14.2. The Labute approximate surface area is 121 Å². The molecule has 0 aliphatic heterocycles. The van der Waals surface area contributed by atoms with Gasteiger partial charge in [0.15, 0.2) is 6.29 Å². The number of carbonyl (C=O) groups is 1. The monoisotopic (exact) mass is 285 g/mol. The second kappa shape index (κ2) is 4.80. The largest absolute Gasteiger partial charge is 0.310 e.